The number of rotatable bonds is 6. The van der Waals surface area contributed by atoms with Crippen LogP contribution in [0.2, 0.25) is 0 Å². The summed E-state index contributed by atoms with van der Waals surface area (Å²) in [5, 5.41) is 10.3. The van der Waals surface area contributed by atoms with Crippen LogP contribution < -0.4 is 10.3 Å². The third kappa shape index (κ3) is 3.80. The number of nitrogens with zero attached hydrogens (tertiary/aromatic N) is 4. The molecule has 0 fully saturated rings. The molecule has 0 bridgehead atoms. The zero-order chi connectivity index (χ0) is 18.6. The highest BCUT2D eigenvalue weighted by molar-refractivity contribution is 7.13. The van der Waals surface area contributed by atoms with E-state index in [0.717, 1.165) is 16.2 Å². The van der Waals surface area contributed by atoms with E-state index in [1.54, 1.807) is 6.07 Å². The maximum absolute atomic E-state index is 12.2. The third-order valence-electron chi connectivity index (χ3n) is 3.82. The number of hydrogen-bond acceptors (Lipinski definition) is 7. The molecule has 0 spiro atoms. The largest absolute Gasteiger partial charge is 0.494 e. The highest BCUT2D eigenvalue weighted by atomic mass is 32.1. The van der Waals surface area contributed by atoms with Crippen molar-refractivity contribution in [3.63, 3.8) is 0 Å². The number of ether oxygens (including phenoxy) is 1. The summed E-state index contributed by atoms with van der Waals surface area (Å²) < 4.78 is 12.0. The van der Waals surface area contributed by atoms with Gasteiger partial charge in [0, 0.05) is 11.6 Å². The summed E-state index contributed by atoms with van der Waals surface area (Å²) in [6, 6.07) is 14.6. The fraction of sp³-hybridized carbons (Fsp3) is 0.158. The van der Waals surface area contributed by atoms with Crippen LogP contribution in [0.25, 0.3) is 22.0 Å². The van der Waals surface area contributed by atoms with Gasteiger partial charge in [-0.05, 0) is 48.7 Å². The second-order valence-corrected chi connectivity index (χ2v) is 6.61. The summed E-state index contributed by atoms with van der Waals surface area (Å²) in [7, 11) is 0. The standard InChI is InChI=1S/C19H16N4O3S/c1-2-25-14-7-5-13(6-8-14)15-9-10-18(24)23(21-15)12-17-20-19(22-26-17)16-4-3-11-27-16/h3-11H,2,12H2,1H3. The van der Waals surface area contributed by atoms with Crippen LogP contribution in [0.1, 0.15) is 12.8 Å². The monoisotopic (exact) mass is 380 g/mol. The lowest BCUT2D eigenvalue weighted by atomic mass is 10.1. The first-order valence-electron chi connectivity index (χ1n) is 8.41. The van der Waals surface area contributed by atoms with Gasteiger partial charge in [0.2, 0.25) is 11.7 Å². The first-order chi connectivity index (χ1) is 13.2. The van der Waals surface area contributed by atoms with Crippen molar-refractivity contribution in [1.29, 1.82) is 0 Å². The molecule has 7 nitrogen and oxygen atoms in total. The molecule has 4 aromatic rings. The Hall–Kier alpha value is -3.26. The Labute approximate surface area is 158 Å². The summed E-state index contributed by atoms with van der Waals surface area (Å²) in [6.45, 7) is 2.66. The second-order valence-electron chi connectivity index (χ2n) is 5.66. The van der Waals surface area contributed by atoms with E-state index in [1.807, 2.05) is 48.7 Å². The van der Waals surface area contributed by atoms with Crippen LogP contribution in [0.15, 0.2) is 63.2 Å². The van der Waals surface area contributed by atoms with Crippen molar-refractivity contribution in [3.8, 4) is 27.7 Å². The van der Waals surface area contributed by atoms with Gasteiger partial charge in [-0.1, -0.05) is 11.2 Å². The zero-order valence-corrected chi connectivity index (χ0v) is 15.3. The normalized spacial score (nSPS) is 10.9. The van der Waals surface area contributed by atoms with Gasteiger partial charge in [-0.2, -0.15) is 10.1 Å². The van der Waals surface area contributed by atoms with E-state index in [4.69, 9.17) is 9.26 Å². The van der Waals surface area contributed by atoms with Gasteiger partial charge in [-0.15, -0.1) is 11.3 Å². The molecular formula is C19H16N4O3S. The summed E-state index contributed by atoms with van der Waals surface area (Å²) in [5.74, 6) is 1.63. The van der Waals surface area contributed by atoms with Crippen LogP contribution in [0, 0.1) is 0 Å². The van der Waals surface area contributed by atoms with E-state index in [9.17, 15) is 4.79 Å². The SMILES string of the molecule is CCOc1ccc(-c2ccc(=O)n(Cc3nc(-c4cccs4)no3)n2)cc1. The van der Waals surface area contributed by atoms with E-state index in [2.05, 4.69) is 15.2 Å². The van der Waals surface area contributed by atoms with Gasteiger partial charge in [-0.3, -0.25) is 4.79 Å². The molecule has 0 N–H and O–H groups in total. The van der Waals surface area contributed by atoms with Crippen molar-refractivity contribution >= 4 is 11.3 Å². The maximum atomic E-state index is 12.2. The Balaban J connectivity index is 1.58. The molecule has 4 rings (SSSR count). The van der Waals surface area contributed by atoms with Crippen molar-refractivity contribution in [2.45, 2.75) is 13.5 Å². The Bertz CT molecular complexity index is 1080. The third-order valence-corrected chi connectivity index (χ3v) is 4.69. The summed E-state index contributed by atoms with van der Waals surface area (Å²) in [5.41, 5.74) is 1.33. The summed E-state index contributed by atoms with van der Waals surface area (Å²) in [4.78, 5) is 17.4. The average molecular weight is 380 g/mol. The van der Waals surface area contributed by atoms with Crippen LogP contribution in [-0.4, -0.2) is 26.5 Å². The highest BCUT2D eigenvalue weighted by Gasteiger charge is 2.12. The minimum Gasteiger partial charge on any atom is -0.494 e. The zero-order valence-electron chi connectivity index (χ0n) is 14.5. The molecular weight excluding hydrogens is 364 g/mol. The summed E-state index contributed by atoms with van der Waals surface area (Å²) in [6.07, 6.45) is 0. The molecule has 136 valence electrons. The summed E-state index contributed by atoms with van der Waals surface area (Å²) >= 11 is 1.52. The molecule has 0 saturated heterocycles. The molecule has 1 aromatic carbocycles. The van der Waals surface area contributed by atoms with Crippen LogP contribution in [0.5, 0.6) is 5.75 Å². The average Bonchev–Trinajstić information content (AvgIpc) is 3.36. The minimum atomic E-state index is -0.236. The molecule has 27 heavy (non-hydrogen) atoms. The number of benzene rings is 1. The first-order valence-corrected chi connectivity index (χ1v) is 9.29. The van der Waals surface area contributed by atoms with Crippen LogP contribution in [0.3, 0.4) is 0 Å². The molecule has 0 amide bonds. The molecule has 0 aliphatic heterocycles. The lowest BCUT2D eigenvalue weighted by molar-refractivity contribution is 0.340. The highest BCUT2D eigenvalue weighted by Crippen LogP contribution is 2.22. The molecule has 0 saturated carbocycles. The second kappa shape index (κ2) is 7.55. The number of hydrogen-bond donors (Lipinski definition) is 0. The fourth-order valence-corrected chi connectivity index (χ4v) is 3.21. The van der Waals surface area contributed by atoms with Gasteiger partial charge in [0.25, 0.3) is 5.56 Å². The first kappa shape index (κ1) is 17.2. The van der Waals surface area contributed by atoms with Crippen molar-refractivity contribution in [3.05, 3.63) is 70.2 Å². The van der Waals surface area contributed by atoms with Crippen LogP contribution in [-0.2, 0) is 6.54 Å². The van der Waals surface area contributed by atoms with E-state index in [0.29, 0.717) is 24.0 Å². The lowest BCUT2D eigenvalue weighted by Crippen LogP contribution is -2.23. The fourth-order valence-electron chi connectivity index (χ4n) is 2.56. The van der Waals surface area contributed by atoms with E-state index in [-0.39, 0.29) is 12.1 Å². The van der Waals surface area contributed by atoms with E-state index >= 15 is 0 Å². The Morgan fingerprint density at radius 1 is 1.15 bits per heavy atom. The minimum absolute atomic E-state index is 0.113. The van der Waals surface area contributed by atoms with E-state index < -0.39 is 0 Å². The Morgan fingerprint density at radius 2 is 2.00 bits per heavy atom. The predicted octanol–water partition coefficient (Wildman–Crippen LogP) is 3.47. The van der Waals surface area contributed by atoms with Gasteiger partial charge < -0.3 is 9.26 Å². The Kier molecular flexibility index (Phi) is 4.80. The number of thiophene rings is 1. The maximum Gasteiger partial charge on any atom is 0.267 e. The molecule has 3 aromatic heterocycles. The van der Waals surface area contributed by atoms with Crippen LogP contribution >= 0.6 is 11.3 Å². The molecule has 3 heterocycles. The molecule has 0 radical (unpaired) electrons. The van der Waals surface area contributed by atoms with E-state index in [1.165, 1.54) is 22.1 Å². The van der Waals surface area contributed by atoms with Crippen molar-refractivity contribution in [1.82, 2.24) is 19.9 Å². The molecule has 0 atom stereocenters. The van der Waals surface area contributed by atoms with Crippen LogP contribution in [0.4, 0.5) is 0 Å². The molecule has 0 unspecified atom stereocenters. The quantitative estimate of drug-likeness (QED) is 0.509. The van der Waals surface area contributed by atoms with Gasteiger partial charge in [0.1, 0.15) is 12.3 Å². The lowest BCUT2D eigenvalue weighted by Gasteiger charge is -2.06. The van der Waals surface area contributed by atoms with Gasteiger partial charge in [0.05, 0.1) is 17.2 Å². The van der Waals surface area contributed by atoms with Crippen molar-refractivity contribution in [2.24, 2.45) is 0 Å². The molecule has 0 aliphatic carbocycles. The van der Waals surface area contributed by atoms with Gasteiger partial charge in [0.15, 0.2) is 0 Å². The topological polar surface area (TPSA) is 83.0 Å². The van der Waals surface area contributed by atoms with Gasteiger partial charge in [-0.25, -0.2) is 4.68 Å². The molecule has 0 aliphatic rings. The number of aromatic nitrogens is 4. The van der Waals surface area contributed by atoms with Crippen molar-refractivity contribution in [2.75, 3.05) is 6.61 Å². The van der Waals surface area contributed by atoms with Gasteiger partial charge >= 0.3 is 0 Å². The van der Waals surface area contributed by atoms with Crippen molar-refractivity contribution < 1.29 is 9.26 Å². The smallest absolute Gasteiger partial charge is 0.267 e. The Morgan fingerprint density at radius 3 is 2.74 bits per heavy atom. The molecule has 8 heteroatoms. The predicted molar refractivity (Wildman–Crippen MR) is 102 cm³/mol.